The van der Waals surface area contributed by atoms with Gasteiger partial charge in [-0.2, -0.15) is 0 Å². The molecular weight excluding hydrogens is 780 g/mol. The molecule has 1 aromatic heterocycles. The number of hydrogen-bond acceptors (Lipinski definition) is 16. The third-order valence-corrected chi connectivity index (χ3v) is 11.0. The minimum atomic E-state index is -1.85. The second-order valence-electron chi connectivity index (χ2n) is 15.6. The zero-order valence-corrected chi connectivity index (χ0v) is 33.7. The number of allylic oxidation sites excluding steroid dienone is 1. The molecule has 59 heavy (non-hydrogen) atoms. The van der Waals surface area contributed by atoms with Gasteiger partial charge in [-0.3, -0.25) is 23.9 Å². The summed E-state index contributed by atoms with van der Waals surface area (Å²) in [6, 6.07) is -2.01. The molecule has 3 fully saturated rings. The van der Waals surface area contributed by atoms with E-state index in [0.29, 0.717) is 6.42 Å². The summed E-state index contributed by atoms with van der Waals surface area (Å²) in [6.45, 7) is 2.55. The van der Waals surface area contributed by atoms with Gasteiger partial charge in [-0.05, 0) is 18.9 Å². The minimum absolute atomic E-state index is 0.597. The van der Waals surface area contributed by atoms with E-state index in [9.17, 15) is 60.0 Å². The van der Waals surface area contributed by atoms with Gasteiger partial charge in [0.05, 0.1) is 18.8 Å². The summed E-state index contributed by atoms with van der Waals surface area (Å²) in [4.78, 5) is 51.1. The molecule has 0 aliphatic carbocycles. The van der Waals surface area contributed by atoms with Crippen molar-refractivity contribution in [3.8, 4) is 0 Å². The molecule has 0 bridgehead atoms. The van der Waals surface area contributed by atoms with Crippen LogP contribution >= 0.6 is 0 Å². The zero-order chi connectivity index (χ0) is 43.2. The van der Waals surface area contributed by atoms with E-state index in [2.05, 4.69) is 17.6 Å². The van der Waals surface area contributed by atoms with E-state index >= 15 is 0 Å². The van der Waals surface area contributed by atoms with Crippen molar-refractivity contribution in [3.05, 3.63) is 45.3 Å². The van der Waals surface area contributed by atoms with Gasteiger partial charge in [0.1, 0.15) is 60.9 Å². The third kappa shape index (κ3) is 13.4. The van der Waals surface area contributed by atoms with Crippen molar-refractivity contribution in [3.63, 3.8) is 0 Å². The molecule has 3 saturated heterocycles. The van der Waals surface area contributed by atoms with Gasteiger partial charge in [0.15, 0.2) is 18.8 Å². The molecule has 20 nitrogen and oxygen atoms in total. The van der Waals surface area contributed by atoms with Crippen molar-refractivity contribution < 1.29 is 69.4 Å². The Balaban J connectivity index is 1.44. The van der Waals surface area contributed by atoms with Gasteiger partial charge < -0.3 is 70.4 Å². The van der Waals surface area contributed by atoms with E-state index in [0.717, 1.165) is 49.4 Å². The molecule has 1 aromatic rings. The van der Waals surface area contributed by atoms with E-state index in [1.165, 1.54) is 51.0 Å². The molecular formula is C39H64N4O16. The predicted octanol–water partition coefficient (Wildman–Crippen LogP) is -1.94. The summed E-state index contributed by atoms with van der Waals surface area (Å²) in [5, 5.41) is 91.4. The number of unbranched alkanes of at least 4 members (excludes halogenated alkanes) is 11. The summed E-state index contributed by atoms with van der Waals surface area (Å²) < 4.78 is 24.1. The van der Waals surface area contributed by atoms with Crippen LogP contribution in [-0.4, -0.2) is 155 Å². The number of aromatic amines is 1. The molecule has 0 spiro atoms. The molecule has 3 aliphatic heterocycles. The highest BCUT2D eigenvalue weighted by atomic mass is 16.8. The van der Waals surface area contributed by atoms with Crippen molar-refractivity contribution >= 4 is 11.8 Å². The molecule has 336 valence electrons. The van der Waals surface area contributed by atoms with Crippen LogP contribution < -0.4 is 21.9 Å². The first kappa shape index (κ1) is 48.5. The van der Waals surface area contributed by atoms with Crippen molar-refractivity contribution in [2.24, 2.45) is 0 Å². The lowest BCUT2D eigenvalue weighted by molar-refractivity contribution is -0.346. The fourth-order valence-electron chi connectivity index (χ4n) is 7.68. The number of nitrogens with one attached hydrogen (secondary N) is 3. The van der Waals surface area contributed by atoms with Crippen LogP contribution in [0.25, 0.3) is 0 Å². The SMILES string of the molecule is CCCCCCCCCCCCC/C=C/C(=O)N[C@H]1[C@H](O[C@H]2O[C@H](CO)[C@@H](O)[C@H](O)[C@H]2NC(C)=O)O[C@@H](C[C@@H](O)[C@H]2O[C@@H](n3ccc(=O)[nH]c3=O)[C@H](O)[C@@H]2O)[C@H](O)[C@@H]1O. The number of hydrogen-bond donors (Lipinski definition) is 11. The van der Waals surface area contributed by atoms with Crippen molar-refractivity contribution in [2.75, 3.05) is 6.61 Å². The van der Waals surface area contributed by atoms with Crippen LogP contribution in [-0.2, 0) is 28.5 Å². The second kappa shape index (κ2) is 23.8. The number of rotatable bonds is 22. The number of amides is 2. The molecule has 4 rings (SSSR count). The first-order valence-corrected chi connectivity index (χ1v) is 20.7. The maximum Gasteiger partial charge on any atom is 0.330 e. The molecule has 20 heteroatoms. The number of carbonyl (C=O) groups is 2. The summed E-state index contributed by atoms with van der Waals surface area (Å²) in [6.07, 6.45) is -5.00. The quantitative estimate of drug-likeness (QED) is 0.0447. The Bertz CT molecular complexity index is 1590. The Morgan fingerprint density at radius 2 is 1.36 bits per heavy atom. The average Bonchev–Trinajstić information content (AvgIpc) is 3.49. The highest BCUT2D eigenvalue weighted by Crippen LogP contribution is 2.34. The van der Waals surface area contributed by atoms with Crippen molar-refractivity contribution in [1.29, 1.82) is 0 Å². The number of nitrogens with zero attached hydrogens (tertiary/aromatic N) is 1. The first-order valence-electron chi connectivity index (χ1n) is 20.7. The summed E-state index contributed by atoms with van der Waals surface area (Å²) >= 11 is 0. The predicted molar refractivity (Wildman–Crippen MR) is 207 cm³/mol. The molecule has 11 N–H and O–H groups in total. The maximum atomic E-state index is 13.1. The van der Waals surface area contributed by atoms with E-state index in [1.807, 2.05) is 4.98 Å². The van der Waals surface area contributed by atoms with Crippen LogP contribution in [0, 0.1) is 0 Å². The van der Waals surface area contributed by atoms with Gasteiger partial charge in [0.25, 0.3) is 5.56 Å². The standard InChI is InChI=1S/C39H64N4O16/c1-3-4-5-6-7-8-9-10-11-12-13-14-15-16-25(47)41-28-32(52)29(49)23(56-38(28)59-37-27(40-21(2)45)31(51)30(50)24(20-44)57-37)19-22(46)35-33(53)34(54)36(58-35)43-18-17-26(48)42-39(43)55/h15-18,22-24,27-38,44,46,49-54H,3-14,19-20H2,1-2H3,(H,40,45)(H,41,47)(H,42,48,55)/b16-15+/t22-,23+,24-,27-,28-,29+,30-,31-,32-,33+,34-,35-,36-,37-,38+/m1/s1. The number of aliphatic hydroxyl groups is 8. The van der Waals surface area contributed by atoms with Crippen molar-refractivity contribution in [2.45, 2.75) is 189 Å². The fourth-order valence-corrected chi connectivity index (χ4v) is 7.68. The average molecular weight is 845 g/mol. The first-order chi connectivity index (χ1) is 28.2. The molecule has 3 aliphatic rings. The van der Waals surface area contributed by atoms with Gasteiger partial charge in [-0.25, -0.2) is 4.79 Å². The molecule has 0 radical (unpaired) electrons. The lowest BCUT2D eigenvalue weighted by Gasteiger charge is -2.47. The van der Waals surface area contributed by atoms with Gasteiger partial charge in [0, 0.05) is 25.6 Å². The van der Waals surface area contributed by atoms with Crippen LogP contribution in [0.15, 0.2) is 34.0 Å². The van der Waals surface area contributed by atoms with Crippen LogP contribution in [0.3, 0.4) is 0 Å². The summed E-state index contributed by atoms with van der Waals surface area (Å²) in [7, 11) is 0. The van der Waals surface area contributed by atoms with E-state index < -0.39 is 128 Å². The molecule has 15 atom stereocenters. The molecule has 0 unspecified atom stereocenters. The van der Waals surface area contributed by atoms with E-state index in [1.54, 1.807) is 6.08 Å². The number of aromatic nitrogens is 2. The van der Waals surface area contributed by atoms with Gasteiger partial charge in [0.2, 0.25) is 11.8 Å². The Labute approximate surface area is 342 Å². The van der Waals surface area contributed by atoms with Gasteiger partial charge in [-0.15, -0.1) is 0 Å². The van der Waals surface area contributed by atoms with Crippen LogP contribution in [0.4, 0.5) is 0 Å². The Kier molecular flexibility index (Phi) is 19.6. The molecule has 0 saturated carbocycles. The minimum Gasteiger partial charge on any atom is -0.394 e. The van der Waals surface area contributed by atoms with Crippen LogP contribution in [0.2, 0.25) is 0 Å². The van der Waals surface area contributed by atoms with Crippen molar-refractivity contribution in [1.82, 2.24) is 20.2 Å². The van der Waals surface area contributed by atoms with Crippen LogP contribution in [0.1, 0.15) is 104 Å². The largest absolute Gasteiger partial charge is 0.394 e. The highest BCUT2D eigenvalue weighted by molar-refractivity contribution is 5.87. The molecule has 4 heterocycles. The number of H-pyrrole nitrogens is 1. The van der Waals surface area contributed by atoms with E-state index in [4.69, 9.17) is 18.9 Å². The van der Waals surface area contributed by atoms with Gasteiger partial charge >= 0.3 is 5.69 Å². The van der Waals surface area contributed by atoms with Gasteiger partial charge in [-0.1, -0.05) is 77.2 Å². The third-order valence-electron chi connectivity index (χ3n) is 11.0. The maximum absolute atomic E-state index is 13.1. The number of aliphatic hydroxyl groups excluding tert-OH is 8. The summed E-state index contributed by atoms with van der Waals surface area (Å²) in [5.74, 6) is -1.35. The highest BCUT2D eigenvalue weighted by Gasteiger charge is 2.53. The monoisotopic (exact) mass is 844 g/mol. The van der Waals surface area contributed by atoms with E-state index in [-0.39, 0.29) is 0 Å². The molecule has 0 aromatic carbocycles. The normalized spacial score (nSPS) is 34.2. The Morgan fingerprint density at radius 3 is 1.93 bits per heavy atom. The number of ether oxygens (including phenoxy) is 4. The number of carbonyl (C=O) groups excluding carboxylic acids is 2. The lowest BCUT2D eigenvalue weighted by Crippen LogP contribution is -2.68. The Hall–Kier alpha value is -3.12. The Morgan fingerprint density at radius 1 is 0.797 bits per heavy atom. The second-order valence-corrected chi connectivity index (χ2v) is 15.6. The molecule has 2 amide bonds. The summed E-state index contributed by atoms with van der Waals surface area (Å²) in [5.41, 5.74) is -1.68. The topological polar surface area (TPSA) is 312 Å². The van der Waals surface area contributed by atoms with Crippen LogP contribution in [0.5, 0.6) is 0 Å². The zero-order valence-electron chi connectivity index (χ0n) is 33.7. The smallest absolute Gasteiger partial charge is 0.330 e. The lowest BCUT2D eigenvalue weighted by atomic mass is 9.91. The fraction of sp³-hybridized carbons (Fsp3) is 0.795.